The van der Waals surface area contributed by atoms with Gasteiger partial charge in [-0.25, -0.2) is 0 Å². The minimum atomic E-state index is -4.44. The third kappa shape index (κ3) is 4.33. The van der Waals surface area contributed by atoms with Gasteiger partial charge in [-0.1, -0.05) is 18.2 Å². The lowest BCUT2D eigenvalue weighted by Gasteiger charge is -2.37. The van der Waals surface area contributed by atoms with Crippen molar-refractivity contribution in [3.05, 3.63) is 65.0 Å². The molecular weight excluding hydrogens is 399 g/mol. The number of piperazine rings is 1. The number of hydrogen-bond donors (Lipinski definition) is 1. The molecule has 9 heteroatoms. The van der Waals surface area contributed by atoms with Gasteiger partial charge in [0.1, 0.15) is 11.3 Å². The van der Waals surface area contributed by atoms with Gasteiger partial charge in [-0.15, -0.1) is 0 Å². The number of hydrogen-bond acceptors (Lipinski definition) is 5. The van der Waals surface area contributed by atoms with E-state index in [0.29, 0.717) is 43.9 Å². The molecule has 6 nitrogen and oxygen atoms in total. The van der Waals surface area contributed by atoms with Gasteiger partial charge in [0.05, 0.1) is 13.2 Å². The second kappa shape index (κ2) is 7.98. The lowest BCUT2D eigenvalue weighted by Crippen LogP contribution is -2.48. The number of aliphatic hydroxyl groups is 1. The van der Waals surface area contributed by atoms with Crippen molar-refractivity contribution in [1.29, 1.82) is 0 Å². The van der Waals surface area contributed by atoms with E-state index in [2.05, 4.69) is 9.88 Å². The summed E-state index contributed by atoms with van der Waals surface area (Å²) in [5.41, 5.74) is 0.143. The molecule has 0 bridgehead atoms. The van der Waals surface area contributed by atoms with Crippen LogP contribution >= 0.6 is 0 Å². The Morgan fingerprint density at radius 1 is 1.07 bits per heavy atom. The molecule has 2 saturated heterocycles. The van der Waals surface area contributed by atoms with Crippen molar-refractivity contribution in [2.45, 2.75) is 18.3 Å². The molecular formula is C21H22F3N3O3. The van der Waals surface area contributed by atoms with Crippen molar-refractivity contribution in [2.24, 2.45) is 0 Å². The number of pyridine rings is 1. The van der Waals surface area contributed by atoms with Crippen LogP contribution in [0.3, 0.4) is 0 Å². The molecule has 1 aromatic carbocycles. The highest BCUT2D eigenvalue weighted by atomic mass is 19.4. The fourth-order valence-electron chi connectivity index (χ4n) is 3.62. The monoisotopic (exact) mass is 421 g/mol. The number of ether oxygens (including phenoxy) is 1. The van der Waals surface area contributed by atoms with Crippen LogP contribution < -0.4 is 0 Å². The summed E-state index contributed by atoms with van der Waals surface area (Å²) in [5, 5.41) is 10.3. The average Bonchev–Trinajstić information content (AvgIpc) is 2.72. The Morgan fingerprint density at radius 3 is 2.23 bits per heavy atom. The fourth-order valence-corrected chi connectivity index (χ4v) is 3.62. The number of benzene rings is 1. The second-order valence-electron chi connectivity index (χ2n) is 7.72. The largest absolute Gasteiger partial charge is 0.433 e. The van der Waals surface area contributed by atoms with Gasteiger partial charge in [0.2, 0.25) is 0 Å². The van der Waals surface area contributed by atoms with E-state index in [4.69, 9.17) is 4.74 Å². The van der Waals surface area contributed by atoms with E-state index >= 15 is 0 Å². The van der Waals surface area contributed by atoms with Crippen molar-refractivity contribution in [3.8, 4) is 0 Å². The molecule has 0 spiro atoms. The summed E-state index contributed by atoms with van der Waals surface area (Å²) in [6, 6.07) is 9.37. The van der Waals surface area contributed by atoms with Gasteiger partial charge in [0.25, 0.3) is 5.91 Å². The molecule has 30 heavy (non-hydrogen) atoms. The molecule has 0 atom stereocenters. The summed E-state index contributed by atoms with van der Waals surface area (Å²) in [6.45, 7) is 3.33. The molecule has 1 aromatic heterocycles. The third-order valence-corrected chi connectivity index (χ3v) is 5.53. The van der Waals surface area contributed by atoms with Crippen LogP contribution in [0.4, 0.5) is 13.2 Å². The van der Waals surface area contributed by atoms with Gasteiger partial charge in [-0.05, 0) is 29.3 Å². The smallest absolute Gasteiger partial charge is 0.380 e. The first-order chi connectivity index (χ1) is 14.2. The lowest BCUT2D eigenvalue weighted by atomic mass is 9.91. The van der Waals surface area contributed by atoms with Crippen LogP contribution in [0.2, 0.25) is 0 Å². The van der Waals surface area contributed by atoms with E-state index in [9.17, 15) is 23.1 Å². The fraction of sp³-hybridized carbons (Fsp3) is 0.429. The van der Waals surface area contributed by atoms with E-state index in [1.807, 2.05) is 0 Å². The Kier molecular flexibility index (Phi) is 5.52. The quantitative estimate of drug-likeness (QED) is 0.821. The van der Waals surface area contributed by atoms with Gasteiger partial charge >= 0.3 is 6.18 Å². The van der Waals surface area contributed by atoms with E-state index in [-0.39, 0.29) is 19.1 Å². The molecule has 160 valence electrons. The third-order valence-electron chi connectivity index (χ3n) is 5.53. The maximum Gasteiger partial charge on any atom is 0.433 e. The first kappa shape index (κ1) is 20.8. The number of alkyl halides is 3. The van der Waals surface area contributed by atoms with E-state index in [1.54, 1.807) is 29.2 Å². The number of halogens is 3. The molecule has 1 amide bonds. The molecule has 0 aliphatic carbocycles. The predicted molar refractivity (Wildman–Crippen MR) is 102 cm³/mol. The van der Waals surface area contributed by atoms with Gasteiger partial charge in [-0.3, -0.25) is 14.7 Å². The Bertz CT molecular complexity index is 888. The zero-order chi connectivity index (χ0) is 21.4. The Labute approximate surface area is 171 Å². The maximum absolute atomic E-state index is 12.7. The standard InChI is InChI=1S/C21H22F3N3O3/c22-21(23,24)18-6-1-15(11-25-18)12-26-7-9-27(10-8-26)19(28)16-2-4-17(5-3-16)20(29)13-30-14-20/h1-6,11,29H,7-10,12-14H2. The summed E-state index contributed by atoms with van der Waals surface area (Å²) in [4.78, 5) is 20.1. The molecule has 0 unspecified atom stereocenters. The predicted octanol–water partition coefficient (Wildman–Crippen LogP) is 2.28. The van der Waals surface area contributed by atoms with Gasteiger partial charge in [0, 0.05) is 44.5 Å². The minimum Gasteiger partial charge on any atom is -0.380 e. The van der Waals surface area contributed by atoms with Crippen molar-refractivity contribution in [2.75, 3.05) is 39.4 Å². The number of carbonyl (C=O) groups excluding carboxylic acids is 1. The Hall–Kier alpha value is -2.49. The molecule has 2 aromatic rings. The highest BCUT2D eigenvalue weighted by Crippen LogP contribution is 2.29. The maximum atomic E-state index is 12.7. The molecule has 1 N–H and O–H groups in total. The van der Waals surface area contributed by atoms with Crippen molar-refractivity contribution in [3.63, 3.8) is 0 Å². The Morgan fingerprint density at radius 2 is 1.73 bits per heavy atom. The molecule has 3 heterocycles. The molecule has 2 fully saturated rings. The minimum absolute atomic E-state index is 0.0748. The van der Waals surface area contributed by atoms with E-state index in [1.165, 1.54) is 12.3 Å². The SMILES string of the molecule is O=C(c1ccc(C2(O)COC2)cc1)N1CCN(Cc2ccc(C(F)(F)F)nc2)CC1. The zero-order valence-electron chi connectivity index (χ0n) is 16.2. The normalized spacial score (nSPS) is 19.4. The van der Waals surface area contributed by atoms with Crippen LogP contribution in [0.5, 0.6) is 0 Å². The van der Waals surface area contributed by atoms with E-state index in [0.717, 1.165) is 11.6 Å². The summed E-state index contributed by atoms with van der Waals surface area (Å²) in [6.07, 6.45) is -3.19. The van der Waals surface area contributed by atoms with Crippen molar-refractivity contribution >= 4 is 5.91 Å². The molecule has 2 aliphatic heterocycles. The number of amides is 1. The van der Waals surface area contributed by atoms with Crippen molar-refractivity contribution < 1.29 is 27.8 Å². The summed E-state index contributed by atoms with van der Waals surface area (Å²) < 4.78 is 42.9. The number of aromatic nitrogens is 1. The molecule has 2 aliphatic rings. The van der Waals surface area contributed by atoms with Gasteiger partial charge in [0.15, 0.2) is 0 Å². The van der Waals surface area contributed by atoms with Crippen LogP contribution in [-0.4, -0.2) is 65.2 Å². The highest BCUT2D eigenvalue weighted by molar-refractivity contribution is 5.94. The molecule has 4 rings (SSSR count). The zero-order valence-corrected chi connectivity index (χ0v) is 16.2. The first-order valence-electron chi connectivity index (χ1n) is 9.69. The number of rotatable bonds is 4. The molecule has 0 saturated carbocycles. The second-order valence-corrected chi connectivity index (χ2v) is 7.72. The lowest BCUT2D eigenvalue weighted by molar-refractivity contribution is -0.184. The summed E-state index contributed by atoms with van der Waals surface area (Å²) in [5.74, 6) is -0.0748. The van der Waals surface area contributed by atoms with Crippen LogP contribution in [0.1, 0.15) is 27.2 Å². The highest BCUT2D eigenvalue weighted by Gasteiger charge is 2.38. The van der Waals surface area contributed by atoms with Crippen LogP contribution in [-0.2, 0) is 23.1 Å². The summed E-state index contributed by atoms with van der Waals surface area (Å²) in [7, 11) is 0. The first-order valence-corrected chi connectivity index (χ1v) is 9.69. The number of nitrogens with zero attached hydrogens (tertiary/aromatic N) is 3. The molecule has 0 radical (unpaired) electrons. The van der Waals surface area contributed by atoms with Crippen LogP contribution in [0, 0.1) is 0 Å². The topological polar surface area (TPSA) is 65.9 Å². The number of carbonyl (C=O) groups is 1. The van der Waals surface area contributed by atoms with E-state index < -0.39 is 17.5 Å². The summed E-state index contributed by atoms with van der Waals surface area (Å²) >= 11 is 0. The Balaban J connectivity index is 1.30. The van der Waals surface area contributed by atoms with Gasteiger partial charge < -0.3 is 14.7 Å². The van der Waals surface area contributed by atoms with Gasteiger partial charge in [-0.2, -0.15) is 13.2 Å². The average molecular weight is 421 g/mol. The van der Waals surface area contributed by atoms with Crippen LogP contribution in [0.25, 0.3) is 0 Å². The van der Waals surface area contributed by atoms with Crippen molar-refractivity contribution in [1.82, 2.24) is 14.8 Å². The van der Waals surface area contributed by atoms with Crippen LogP contribution in [0.15, 0.2) is 42.6 Å².